The number of ether oxygens (including phenoxy) is 3. The number of esters is 2. The molecule has 0 aliphatic rings. The zero-order chi connectivity index (χ0) is 24.2. The van der Waals surface area contributed by atoms with Crippen LogP contribution in [0.4, 0.5) is 35.1 Å². The summed E-state index contributed by atoms with van der Waals surface area (Å²) in [6.45, 7) is 0.925. The lowest BCUT2D eigenvalue weighted by atomic mass is 10.2. The smallest absolute Gasteiger partial charge is 0.461 e. The van der Waals surface area contributed by atoms with Crippen LogP contribution in [0, 0.1) is 0 Å². The molecule has 30 heavy (non-hydrogen) atoms. The van der Waals surface area contributed by atoms with Gasteiger partial charge in [-0.25, -0.2) is 9.59 Å². The van der Waals surface area contributed by atoms with Gasteiger partial charge >= 0.3 is 45.2 Å². The Morgan fingerprint density at radius 3 is 1.93 bits per heavy atom. The standard InChI is InChI=1S/C13H14F8O8S/c1-3-27-9(23)11(12(17,18)19,29-8(22)7(2)14)28-6-4-5-10(15,16)13(20,21)30(24,25)26/h2-6H2,1H3,(H,24,25,26). The minimum absolute atomic E-state index is 0.743. The fourth-order valence-electron chi connectivity index (χ4n) is 1.64. The van der Waals surface area contributed by atoms with Crippen molar-refractivity contribution in [1.29, 1.82) is 0 Å². The van der Waals surface area contributed by atoms with Crippen LogP contribution in [0.25, 0.3) is 0 Å². The van der Waals surface area contributed by atoms with Gasteiger partial charge in [0.1, 0.15) is 0 Å². The SMILES string of the molecule is C=C(F)C(=O)OC(OCCCC(F)(F)C(F)(F)S(=O)(=O)O)(C(=O)OCC)C(F)(F)F. The van der Waals surface area contributed by atoms with E-state index in [9.17, 15) is 53.1 Å². The van der Waals surface area contributed by atoms with Gasteiger partial charge in [0, 0.05) is 6.42 Å². The van der Waals surface area contributed by atoms with Crippen molar-refractivity contribution in [2.45, 2.75) is 42.9 Å². The summed E-state index contributed by atoms with van der Waals surface area (Å²) in [7, 11) is -6.59. The molecule has 8 nitrogen and oxygen atoms in total. The first kappa shape index (κ1) is 28.0. The van der Waals surface area contributed by atoms with Crippen molar-refractivity contribution in [3.63, 3.8) is 0 Å². The number of carbonyl (C=O) groups is 2. The average Bonchev–Trinajstić information content (AvgIpc) is 2.55. The van der Waals surface area contributed by atoms with Crippen molar-refractivity contribution >= 4 is 22.1 Å². The number of halogens is 8. The molecule has 0 bridgehead atoms. The summed E-state index contributed by atoms with van der Waals surface area (Å²) in [4.78, 5) is 22.8. The van der Waals surface area contributed by atoms with Crippen LogP contribution in [0.1, 0.15) is 19.8 Å². The molecule has 0 heterocycles. The maximum atomic E-state index is 13.3. The molecule has 0 aliphatic carbocycles. The highest BCUT2D eigenvalue weighted by atomic mass is 32.2. The van der Waals surface area contributed by atoms with E-state index in [2.05, 4.69) is 20.8 Å². The molecule has 17 heteroatoms. The number of carbonyl (C=O) groups excluding carboxylic acids is 2. The highest BCUT2D eigenvalue weighted by molar-refractivity contribution is 7.87. The van der Waals surface area contributed by atoms with Crippen LogP contribution < -0.4 is 0 Å². The third-order valence-electron chi connectivity index (χ3n) is 3.07. The van der Waals surface area contributed by atoms with Gasteiger partial charge in [0.2, 0.25) is 5.83 Å². The number of hydrogen-bond acceptors (Lipinski definition) is 7. The van der Waals surface area contributed by atoms with E-state index in [-0.39, 0.29) is 0 Å². The first-order valence-electron chi connectivity index (χ1n) is 7.45. The quantitative estimate of drug-likeness (QED) is 0.119. The Morgan fingerprint density at radius 1 is 1.07 bits per heavy atom. The minimum Gasteiger partial charge on any atom is -0.461 e. The van der Waals surface area contributed by atoms with Crippen LogP contribution in [-0.4, -0.2) is 61.3 Å². The monoisotopic (exact) mass is 482 g/mol. The van der Waals surface area contributed by atoms with Crippen LogP contribution in [0.15, 0.2) is 12.4 Å². The third-order valence-corrected chi connectivity index (χ3v) is 4.01. The maximum absolute atomic E-state index is 13.3. The van der Waals surface area contributed by atoms with E-state index in [4.69, 9.17) is 4.55 Å². The highest BCUT2D eigenvalue weighted by Crippen LogP contribution is 2.42. The summed E-state index contributed by atoms with van der Waals surface area (Å²) < 4.78 is 146. The van der Waals surface area contributed by atoms with Crippen LogP contribution in [0.2, 0.25) is 0 Å². The van der Waals surface area contributed by atoms with E-state index >= 15 is 0 Å². The van der Waals surface area contributed by atoms with Crippen LogP contribution >= 0.6 is 0 Å². The molecule has 1 N–H and O–H groups in total. The van der Waals surface area contributed by atoms with Gasteiger partial charge in [0.25, 0.3) is 0 Å². The molecular weight excluding hydrogens is 468 g/mol. The molecule has 1 unspecified atom stereocenters. The molecule has 0 amide bonds. The van der Waals surface area contributed by atoms with E-state index in [1.165, 1.54) is 0 Å². The van der Waals surface area contributed by atoms with Gasteiger partial charge in [0.15, 0.2) is 0 Å². The first-order valence-corrected chi connectivity index (χ1v) is 8.89. The third kappa shape index (κ3) is 6.00. The van der Waals surface area contributed by atoms with Crippen LogP contribution in [-0.2, 0) is 33.9 Å². The average molecular weight is 482 g/mol. The summed E-state index contributed by atoms with van der Waals surface area (Å²) in [5.74, 6) is -17.2. The normalized spacial score (nSPS) is 15.3. The predicted molar refractivity (Wildman–Crippen MR) is 78.4 cm³/mol. The number of alkyl halides is 7. The predicted octanol–water partition coefficient (Wildman–Crippen LogP) is 2.75. The van der Waals surface area contributed by atoms with Gasteiger partial charge in [-0.3, -0.25) is 4.55 Å². The Bertz CT molecular complexity index is 764. The van der Waals surface area contributed by atoms with Crippen molar-refractivity contribution in [1.82, 2.24) is 0 Å². The Morgan fingerprint density at radius 2 is 1.57 bits per heavy atom. The van der Waals surface area contributed by atoms with E-state index in [1.807, 2.05) is 0 Å². The second kappa shape index (κ2) is 9.42. The fourth-order valence-corrected chi connectivity index (χ4v) is 2.12. The zero-order valence-electron chi connectivity index (χ0n) is 14.8. The summed E-state index contributed by atoms with van der Waals surface area (Å²) >= 11 is 0. The molecule has 0 rings (SSSR count). The Labute approximate surface area is 163 Å². The van der Waals surface area contributed by atoms with Gasteiger partial charge in [0.05, 0.1) is 13.2 Å². The topological polar surface area (TPSA) is 116 Å². The molecular formula is C13H14F8O8S. The van der Waals surface area contributed by atoms with Crippen molar-refractivity contribution < 1.29 is 71.9 Å². The van der Waals surface area contributed by atoms with Crippen LogP contribution in [0.3, 0.4) is 0 Å². The van der Waals surface area contributed by atoms with E-state index < -0.39 is 77.1 Å². The Kier molecular flexibility index (Phi) is 8.79. The number of rotatable bonds is 11. The number of hydrogen-bond donors (Lipinski definition) is 1. The second-order valence-corrected chi connectivity index (χ2v) is 6.74. The fraction of sp³-hybridized carbons (Fsp3) is 0.692. The van der Waals surface area contributed by atoms with Crippen molar-refractivity contribution in [2.75, 3.05) is 13.2 Å². The molecule has 0 aromatic heterocycles. The van der Waals surface area contributed by atoms with E-state index in [1.54, 1.807) is 0 Å². The van der Waals surface area contributed by atoms with Gasteiger partial charge < -0.3 is 14.2 Å². The zero-order valence-corrected chi connectivity index (χ0v) is 15.6. The van der Waals surface area contributed by atoms with Crippen molar-refractivity contribution in [3.8, 4) is 0 Å². The Balaban J connectivity index is 5.67. The summed E-state index contributed by atoms with van der Waals surface area (Å²) in [6.07, 6.45) is -9.62. The van der Waals surface area contributed by atoms with E-state index in [0.717, 1.165) is 6.92 Å². The van der Waals surface area contributed by atoms with Gasteiger partial charge in [-0.1, -0.05) is 6.58 Å². The first-order chi connectivity index (χ1) is 13.3. The van der Waals surface area contributed by atoms with Crippen LogP contribution in [0.5, 0.6) is 0 Å². The molecule has 176 valence electrons. The van der Waals surface area contributed by atoms with E-state index in [0.29, 0.717) is 0 Å². The largest absolute Gasteiger partial charge is 0.468 e. The maximum Gasteiger partial charge on any atom is 0.468 e. The lowest BCUT2D eigenvalue weighted by Gasteiger charge is -2.32. The minimum atomic E-state index is -6.59. The van der Waals surface area contributed by atoms with Crippen molar-refractivity contribution in [3.05, 3.63) is 12.4 Å². The Hall–Kier alpha value is -2.01. The molecule has 0 aromatic rings. The van der Waals surface area contributed by atoms with Crippen molar-refractivity contribution in [2.24, 2.45) is 0 Å². The second-order valence-electron chi connectivity index (χ2n) is 5.28. The lowest BCUT2D eigenvalue weighted by molar-refractivity contribution is -0.355. The summed E-state index contributed by atoms with van der Waals surface area (Å²) in [5.41, 5.74) is 0. The highest BCUT2D eigenvalue weighted by Gasteiger charge is 2.68. The molecule has 0 aromatic carbocycles. The van der Waals surface area contributed by atoms with Gasteiger partial charge in [-0.2, -0.15) is 43.5 Å². The molecule has 0 radical (unpaired) electrons. The lowest BCUT2D eigenvalue weighted by Crippen LogP contribution is -2.58. The molecule has 1 atom stereocenters. The summed E-state index contributed by atoms with van der Waals surface area (Å²) in [5, 5.41) is -6.00. The molecule has 0 fully saturated rings. The molecule has 0 aliphatic heterocycles. The summed E-state index contributed by atoms with van der Waals surface area (Å²) in [6, 6.07) is 0. The van der Waals surface area contributed by atoms with Gasteiger partial charge in [-0.15, -0.1) is 0 Å². The molecule has 0 saturated carbocycles. The molecule has 0 saturated heterocycles. The molecule has 0 spiro atoms. The van der Waals surface area contributed by atoms with Gasteiger partial charge in [-0.05, 0) is 13.3 Å².